The summed E-state index contributed by atoms with van der Waals surface area (Å²) < 4.78 is 5.38. The van der Waals surface area contributed by atoms with Crippen LogP contribution in [0.15, 0.2) is 36.7 Å². The second kappa shape index (κ2) is 6.96. The molecule has 1 unspecified atom stereocenters. The average molecular weight is 294 g/mol. The van der Waals surface area contributed by atoms with Crippen LogP contribution in [0.4, 0.5) is 0 Å². The number of carbonyl (C=O) groups excluding carboxylic acids is 1. The molecule has 6 heteroatoms. The number of carbonyl (C=O) groups is 1. The molecule has 0 fully saturated rings. The van der Waals surface area contributed by atoms with Crippen molar-refractivity contribution in [1.82, 2.24) is 15.3 Å². The first kappa shape index (κ1) is 14.4. The number of aromatic amines is 1. The van der Waals surface area contributed by atoms with Crippen LogP contribution >= 0.6 is 11.6 Å². The molecule has 1 aromatic carbocycles. The van der Waals surface area contributed by atoms with Crippen LogP contribution < -0.4 is 10.1 Å². The van der Waals surface area contributed by atoms with E-state index in [1.807, 2.05) is 6.92 Å². The molecule has 1 atom stereocenters. The van der Waals surface area contributed by atoms with Crippen molar-refractivity contribution >= 4 is 17.5 Å². The quantitative estimate of drug-likeness (QED) is 0.860. The van der Waals surface area contributed by atoms with E-state index in [1.54, 1.807) is 36.7 Å². The van der Waals surface area contributed by atoms with Crippen molar-refractivity contribution in [2.75, 3.05) is 6.61 Å². The molecule has 0 radical (unpaired) electrons. The maximum absolute atomic E-state index is 11.8. The first-order valence-corrected chi connectivity index (χ1v) is 6.74. The summed E-state index contributed by atoms with van der Waals surface area (Å²) >= 11 is 5.77. The highest BCUT2D eigenvalue weighted by molar-refractivity contribution is 6.30. The van der Waals surface area contributed by atoms with Gasteiger partial charge in [0.25, 0.3) is 5.91 Å². The third kappa shape index (κ3) is 3.99. The summed E-state index contributed by atoms with van der Waals surface area (Å²) in [5.41, 5.74) is 0. The van der Waals surface area contributed by atoms with Gasteiger partial charge in [-0.15, -0.1) is 0 Å². The van der Waals surface area contributed by atoms with E-state index < -0.39 is 0 Å². The van der Waals surface area contributed by atoms with Crippen molar-refractivity contribution in [3.8, 4) is 5.75 Å². The van der Waals surface area contributed by atoms with Gasteiger partial charge < -0.3 is 15.0 Å². The summed E-state index contributed by atoms with van der Waals surface area (Å²) in [5.74, 6) is 1.16. The fraction of sp³-hybridized carbons (Fsp3) is 0.286. The SMILES string of the molecule is CCC(NC(=O)COc1ccc(Cl)cc1)c1ncc[nH]1. The lowest BCUT2D eigenvalue weighted by Gasteiger charge is -2.15. The molecular formula is C14H16ClN3O2. The Morgan fingerprint density at radius 3 is 2.80 bits per heavy atom. The Kier molecular flexibility index (Phi) is 5.01. The van der Waals surface area contributed by atoms with Crippen molar-refractivity contribution in [2.24, 2.45) is 0 Å². The monoisotopic (exact) mass is 293 g/mol. The lowest BCUT2D eigenvalue weighted by Crippen LogP contribution is -2.32. The first-order chi connectivity index (χ1) is 9.69. The molecule has 2 rings (SSSR count). The number of H-pyrrole nitrogens is 1. The predicted octanol–water partition coefficient (Wildman–Crippen LogP) is 2.71. The average Bonchev–Trinajstić information content (AvgIpc) is 2.98. The van der Waals surface area contributed by atoms with Crippen molar-refractivity contribution in [1.29, 1.82) is 0 Å². The normalized spacial score (nSPS) is 11.9. The molecule has 2 N–H and O–H groups in total. The zero-order valence-corrected chi connectivity index (χ0v) is 11.9. The minimum atomic E-state index is -0.191. The van der Waals surface area contributed by atoms with Gasteiger partial charge in [-0.25, -0.2) is 4.98 Å². The number of amides is 1. The second-order valence-corrected chi connectivity index (χ2v) is 4.68. The fourth-order valence-corrected chi connectivity index (χ4v) is 1.87. The number of nitrogens with zero attached hydrogens (tertiary/aromatic N) is 1. The van der Waals surface area contributed by atoms with Gasteiger partial charge in [-0.05, 0) is 30.7 Å². The molecule has 1 amide bonds. The molecular weight excluding hydrogens is 278 g/mol. The molecule has 1 heterocycles. The largest absolute Gasteiger partial charge is 0.484 e. The summed E-state index contributed by atoms with van der Waals surface area (Å²) in [7, 11) is 0. The number of imidazole rings is 1. The third-order valence-corrected chi connectivity index (χ3v) is 3.03. The van der Waals surface area contributed by atoms with E-state index in [0.29, 0.717) is 10.8 Å². The molecule has 0 spiro atoms. The van der Waals surface area contributed by atoms with Gasteiger partial charge in [-0.2, -0.15) is 0 Å². The minimum Gasteiger partial charge on any atom is -0.484 e. The van der Waals surface area contributed by atoms with Crippen molar-refractivity contribution in [3.05, 3.63) is 47.5 Å². The van der Waals surface area contributed by atoms with Gasteiger partial charge in [0.2, 0.25) is 0 Å². The van der Waals surface area contributed by atoms with Crippen molar-refractivity contribution in [2.45, 2.75) is 19.4 Å². The van der Waals surface area contributed by atoms with Crippen LogP contribution in [-0.4, -0.2) is 22.5 Å². The predicted molar refractivity (Wildman–Crippen MR) is 76.7 cm³/mol. The number of benzene rings is 1. The second-order valence-electron chi connectivity index (χ2n) is 4.25. The topological polar surface area (TPSA) is 67.0 Å². The molecule has 0 bridgehead atoms. The summed E-state index contributed by atoms with van der Waals surface area (Å²) in [4.78, 5) is 19.0. The highest BCUT2D eigenvalue weighted by Gasteiger charge is 2.14. The van der Waals surface area contributed by atoms with Crippen LogP contribution in [0.5, 0.6) is 5.75 Å². The summed E-state index contributed by atoms with van der Waals surface area (Å²) in [6.07, 6.45) is 4.14. The van der Waals surface area contributed by atoms with Gasteiger partial charge in [0.15, 0.2) is 6.61 Å². The van der Waals surface area contributed by atoms with E-state index >= 15 is 0 Å². The number of hydrogen-bond acceptors (Lipinski definition) is 3. The highest BCUT2D eigenvalue weighted by Crippen LogP contribution is 2.15. The van der Waals surface area contributed by atoms with Crippen LogP contribution in [-0.2, 0) is 4.79 Å². The molecule has 0 aliphatic carbocycles. The Morgan fingerprint density at radius 1 is 1.45 bits per heavy atom. The van der Waals surface area contributed by atoms with Crippen LogP contribution in [0, 0.1) is 0 Å². The van der Waals surface area contributed by atoms with Crippen LogP contribution in [0.2, 0.25) is 5.02 Å². The molecule has 5 nitrogen and oxygen atoms in total. The van der Waals surface area contributed by atoms with E-state index in [9.17, 15) is 4.79 Å². The van der Waals surface area contributed by atoms with Gasteiger partial charge in [-0.3, -0.25) is 4.79 Å². The Morgan fingerprint density at radius 2 is 2.20 bits per heavy atom. The molecule has 0 saturated heterocycles. The number of halogens is 1. The van der Waals surface area contributed by atoms with Crippen LogP contribution in [0.3, 0.4) is 0 Å². The molecule has 0 saturated carbocycles. The Hall–Kier alpha value is -2.01. The number of rotatable bonds is 6. The Labute approximate surface area is 122 Å². The van der Waals surface area contributed by atoms with E-state index in [-0.39, 0.29) is 18.6 Å². The highest BCUT2D eigenvalue weighted by atomic mass is 35.5. The Balaban J connectivity index is 1.84. The van der Waals surface area contributed by atoms with Gasteiger partial charge in [0.05, 0.1) is 6.04 Å². The summed E-state index contributed by atoms with van der Waals surface area (Å²) in [5, 5.41) is 3.50. The summed E-state index contributed by atoms with van der Waals surface area (Å²) in [6, 6.07) is 6.74. The fourth-order valence-electron chi connectivity index (χ4n) is 1.75. The third-order valence-electron chi connectivity index (χ3n) is 2.78. The van der Waals surface area contributed by atoms with E-state index in [1.165, 1.54) is 0 Å². The van der Waals surface area contributed by atoms with E-state index in [2.05, 4.69) is 15.3 Å². The summed E-state index contributed by atoms with van der Waals surface area (Å²) in [6.45, 7) is 1.94. The van der Waals surface area contributed by atoms with Crippen molar-refractivity contribution < 1.29 is 9.53 Å². The van der Waals surface area contributed by atoms with Gasteiger partial charge in [0.1, 0.15) is 11.6 Å². The van der Waals surface area contributed by atoms with Crippen molar-refractivity contribution in [3.63, 3.8) is 0 Å². The molecule has 1 aromatic heterocycles. The molecule has 0 aliphatic rings. The number of nitrogens with one attached hydrogen (secondary N) is 2. The van der Waals surface area contributed by atoms with Gasteiger partial charge in [0, 0.05) is 17.4 Å². The van der Waals surface area contributed by atoms with E-state index in [4.69, 9.17) is 16.3 Å². The van der Waals surface area contributed by atoms with Gasteiger partial charge in [-0.1, -0.05) is 18.5 Å². The van der Waals surface area contributed by atoms with Crippen LogP contribution in [0.1, 0.15) is 25.2 Å². The number of ether oxygens (including phenoxy) is 1. The smallest absolute Gasteiger partial charge is 0.258 e. The first-order valence-electron chi connectivity index (χ1n) is 6.36. The van der Waals surface area contributed by atoms with Gasteiger partial charge >= 0.3 is 0 Å². The molecule has 106 valence electrons. The number of hydrogen-bond donors (Lipinski definition) is 2. The number of aromatic nitrogens is 2. The Bertz CT molecular complexity index is 540. The lowest BCUT2D eigenvalue weighted by molar-refractivity contribution is -0.123. The lowest BCUT2D eigenvalue weighted by atomic mass is 10.2. The standard InChI is InChI=1S/C14H16ClN3O2/c1-2-12(14-16-7-8-17-14)18-13(19)9-20-11-5-3-10(15)4-6-11/h3-8,12H,2,9H2,1H3,(H,16,17)(H,18,19). The zero-order chi connectivity index (χ0) is 14.4. The maximum Gasteiger partial charge on any atom is 0.258 e. The minimum absolute atomic E-state index is 0.0428. The maximum atomic E-state index is 11.8. The zero-order valence-electron chi connectivity index (χ0n) is 11.1. The van der Waals surface area contributed by atoms with Crippen LogP contribution in [0.25, 0.3) is 0 Å². The molecule has 20 heavy (non-hydrogen) atoms. The van der Waals surface area contributed by atoms with E-state index in [0.717, 1.165) is 12.2 Å². The molecule has 2 aromatic rings. The molecule has 0 aliphatic heterocycles.